The Morgan fingerprint density at radius 2 is 1.65 bits per heavy atom. The van der Waals surface area contributed by atoms with Gasteiger partial charge in [0.2, 0.25) is 21.8 Å². The molecule has 1 aromatic heterocycles. The van der Waals surface area contributed by atoms with Gasteiger partial charge in [-0.05, 0) is 42.5 Å². The van der Waals surface area contributed by atoms with Gasteiger partial charge in [-0.1, -0.05) is 6.07 Å². The van der Waals surface area contributed by atoms with Crippen molar-refractivity contribution in [3.8, 4) is 29.0 Å². The lowest BCUT2D eigenvalue weighted by atomic mass is 10.1. The summed E-state index contributed by atoms with van der Waals surface area (Å²) in [5.74, 6) is 0.445. The van der Waals surface area contributed by atoms with Gasteiger partial charge in [0, 0.05) is 11.1 Å². The molecule has 0 saturated carbocycles. The van der Waals surface area contributed by atoms with E-state index in [0.29, 0.717) is 16.7 Å². The van der Waals surface area contributed by atoms with E-state index in [0.717, 1.165) is 0 Å². The van der Waals surface area contributed by atoms with Crippen LogP contribution in [0.15, 0.2) is 57.8 Å². The van der Waals surface area contributed by atoms with Gasteiger partial charge in [0.15, 0.2) is 0 Å². The van der Waals surface area contributed by atoms with Gasteiger partial charge in [0.1, 0.15) is 0 Å². The maximum absolute atomic E-state index is 11.4. The largest absolute Gasteiger partial charge is 0.416 e. The van der Waals surface area contributed by atoms with Gasteiger partial charge < -0.3 is 4.42 Å². The van der Waals surface area contributed by atoms with E-state index < -0.39 is 10.0 Å². The maximum Gasteiger partial charge on any atom is 0.248 e. The first-order chi connectivity index (χ1) is 11.0. The third-order valence-corrected chi connectivity index (χ3v) is 4.01. The highest BCUT2D eigenvalue weighted by molar-refractivity contribution is 7.89. The van der Waals surface area contributed by atoms with Crippen LogP contribution in [-0.4, -0.2) is 18.6 Å². The summed E-state index contributed by atoms with van der Waals surface area (Å²) in [5, 5.41) is 21.7. The topological polar surface area (TPSA) is 123 Å². The molecule has 2 aromatic carbocycles. The summed E-state index contributed by atoms with van der Waals surface area (Å²) in [5.41, 5.74) is 1.63. The number of hydrogen-bond acceptors (Lipinski definition) is 6. The molecule has 0 aliphatic heterocycles. The molecule has 0 radical (unpaired) electrons. The van der Waals surface area contributed by atoms with Crippen molar-refractivity contribution in [2.75, 3.05) is 0 Å². The number of nitriles is 1. The van der Waals surface area contributed by atoms with E-state index >= 15 is 0 Å². The average Bonchev–Trinajstić information content (AvgIpc) is 3.04. The van der Waals surface area contributed by atoms with E-state index in [2.05, 4.69) is 10.2 Å². The first-order valence-corrected chi connectivity index (χ1v) is 7.99. The molecular formula is C15H10N4O3S. The second-order valence-corrected chi connectivity index (χ2v) is 6.24. The molecule has 0 aliphatic carbocycles. The number of sulfonamides is 1. The van der Waals surface area contributed by atoms with Crippen molar-refractivity contribution in [3.05, 3.63) is 54.1 Å². The summed E-state index contributed by atoms with van der Waals surface area (Å²) in [4.78, 5) is -0.0341. The zero-order valence-electron chi connectivity index (χ0n) is 11.7. The molecule has 0 fully saturated rings. The molecule has 0 aliphatic rings. The summed E-state index contributed by atoms with van der Waals surface area (Å²) in [6.07, 6.45) is 0. The number of benzene rings is 2. The molecule has 0 spiro atoms. The Morgan fingerprint density at radius 1 is 1.00 bits per heavy atom. The average molecular weight is 326 g/mol. The molecule has 0 unspecified atom stereocenters. The first-order valence-electron chi connectivity index (χ1n) is 6.44. The van der Waals surface area contributed by atoms with Crippen LogP contribution in [0, 0.1) is 11.3 Å². The van der Waals surface area contributed by atoms with E-state index in [9.17, 15) is 8.42 Å². The van der Waals surface area contributed by atoms with Crippen LogP contribution in [0.25, 0.3) is 22.9 Å². The van der Waals surface area contributed by atoms with E-state index in [1.54, 1.807) is 36.4 Å². The fourth-order valence-corrected chi connectivity index (χ4v) is 2.51. The predicted octanol–water partition coefficient (Wildman–Crippen LogP) is 1.92. The van der Waals surface area contributed by atoms with Crippen LogP contribution < -0.4 is 5.14 Å². The third-order valence-electron chi connectivity index (χ3n) is 3.10. The van der Waals surface area contributed by atoms with Gasteiger partial charge in [-0.3, -0.25) is 0 Å². The van der Waals surface area contributed by atoms with Crippen molar-refractivity contribution in [1.29, 1.82) is 5.26 Å². The van der Waals surface area contributed by atoms with Crippen LogP contribution >= 0.6 is 0 Å². The lowest BCUT2D eigenvalue weighted by molar-refractivity contribution is 0.584. The van der Waals surface area contributed by atoms with Crippen LogP contribution in [0.3, 0.4) is 0 Å². The Labute approximate surface area is 132 Å². The predicted molar refractivity (Wildman–Crippen MR) is 81.3 cm³/mol. The summed E-state index contributed by atoms with van der Waals surface area (Å²) in [6.45, 7) is 0. The van der Waals surface area contributed by atoms with Crippen molar-refractivity contribution in [3.63, 3.8) is 0 Å². The van der Waals surface area contributed by atoms with Crippen LogP contribution in [0.4, 0.5) is 0 Å². The number of aromatic nitrogens is 2. The molecular weight excluding hydrogens is 316 g/mol. The number of hydrogen-bond donors (Lipinski definition) is 1. The van der Waals surface area contributed by atoms with Crippen molar-refractivity contribution in [2.24, 2.45) is 5.14 Å². The monoisotopic (exact) mass is 326 g/mol. The maximum atomic E-state index is 11.4. The molecule has 3 aromatic rings. The van der Waals surface area contributed by atoms with Crippen LogP contribution in [0.5, 0.6) is 0 Å². The summed E-state index contributed by atoms with van der Waals surface area (Å²) >= 11 is 0. The van der Waals surface area contributed by atoms with E-state index in [-0.39, 0.29) is 16.7 Å². The number of nitrogens with two attached hydrogens (primary N) is 1. The van der Waals surface area contributed by atoms with Gasteiger partial charge in [0.25, 0.3) is 0 Å². The Bertz CT molecular complexity index is 1000. The molecule has 114 valence electrons. The summed E-state index contributed by atoms with van der Waals surface area (Å²) in [6, 6.07) is 14.6. The third kappa shape index (κ3) is 3.11. The van der Waals surface area contributed by atoms with Crippen molar-refractivity contribution >= 4 is 10.0 Å². The normalized spacial score (nSPS) is 11.1. The van der Waals surface area contributed by atoms with E-state index in [4.69, 9.17) is 14.8 Å². The minimum absolute atomic E-state index is 0.0341. The Balaban J connectivity index is 1.97. The van der Waals surface area contributed by atoms with Gasteiger partial charge in [-0.15, -0.1) is 10.2 Å². The number of nitrogens with zero attached hydrogens (tertiary/aromatic N) is 3. The lowest BCUT2D eigenvalue weighted by Gasteiger charge is -1.99. The molecule has 0 saturated heterocycles. The highest BCUT2D eigenvalue weighted by atomic mass is 32.2. The molecule has 0 atom stereocenters. The fraction of sp³-hybridized carbons (Fsp3) is 0. The summed E-state index contributed by atoms with van der Waals surface area (Å²) in [7, 11) is -3.81. The Kier molecular flexibility index (Phi) is 3.65. The zero-order valence-corrected chi connectivity index (χ0v) is 12.5. The van der Waals surface area contributed by atoms with E-state index in [1.807, 2.05) is 6.07 Å². The Hall–Kier alpha value is -3.02. The highest BCUT2D eigenvalue weighted by Crippen LogP contribution is 2.25. The molecule has 8 heteroatoms. The van der Waals surface area contributed by atoms with Crippen LogP contribution in [0.1, 0.15) is 5.56 Å². The van der Waals surface area contributed by atoms with Crippen LogP contribution in [-0.2, 0) is 10.0 Å². The van der Waals surface area contributed by atoms with E-state index in [1.165, 1.54) is 12.1 Å². The fourth-order valence-electron chi connectivity index (χ4n) is 1.95. The van der Waals surface area contributed by atoms with Gasteiger partial charge in [-0.25, -0.2) is 13.6 Å². The highest BCUT2D eigenvalue weighted by Gasteiger charge is 2.14. The summed E-state index contributed by atoms with van der Waals surface area (Å²) < 4.78 is 28.3. The molecule has 0 amide bonds. The molecule has 0 bridgehead atoms. The quantitative estimate of drug-likeness (QED) is 0.784. The minimum atomic E-state index is -3.81. The molecule has 3 rings (SSSR count). The standard InChI is InChI=1S/C15H10N4O3S/c16-9-10-4-6-11(7-5-10)14-18-19-15(22-14)12-2-1-3-13(8-12)23(17,20)21/h1-8H,(H2,17,20,21). The number of primary sulfonamides is 1. The second kappa shape index (κ2) is 5.64. The van der Waals surface area contributed by atoms with Crippen molar-refractivity contribution in [2.45, 2.75) is 4.90 Å². The molecule has 1 heterocycles. The zero-order chi connectivity index (χ0) is 16.4. The number of rotatable bonds is 3. The molecule has 23 heavy (non-hydrogen) atoms. The van der Waals surface area contributed by atoms with Crippen molar-refractivity contribution in [1.82, 2.24) is 10.2 Å². The van der Waals surface area contributed by atoms with Gasteiger partial charge >= 0.3 is 0 Å². The Morgan fingerprint density at radius 3 is 2.26 bits per heavy atom. The van der Waals surface area contributed by atoms with Gasteiger partial charge in [-0.2, -0.15) is 5.26 Å². The molecule has 7 nitrogen and oxygen atoms in total. The van der Waals surface area contributed by atoms with Gasteiger partial charge in [0.05, 0.1) is 16.5 Å². The minimum Gasteiger partial charge on any atom is -0.416 e. The SMILES string of the molecule is N#Cc1ccc(-c2nnc(-c3cccc(S(N)(=O)=O)c3)o2)cc1. The van der Waals surface area contributed by atoms with Crippen molar-refractivity contribution < 1.29 is 12.8 Å². The second-order valence-electron chi connectivity index (χ2n) is 4.67. The van der Waals surface area contributed by atoms with Crippen LogP contribution in [0.2, 0.25) is 0 Å². The molecule has 2 N–H and O–H groups in total. The lowest BCUT2D eigenvalue weighted by Crippen LogP contribution is -2.11. The first kappa shape index (κ1) is 14.9. The smallest absolute Gasteiger partial charge is 0.248 e.